The first-order chi connectivity index (χ1) is 9.35. The van der Waals surface area contributed by atoms with Crippen LogP contribution in [-0.2, 0) is 18.0 Å². The number of ether oxygens (including phenoxy) is 1. The van der Waals surface area contributed by atoms with Gasteiger partial charge in [0.15, 0.2) is 0 Å². The first kappa shape index (κ1) is 14.5. The highest BCUT2D eigenvalue weighted by Gasteiger charge is 2.15. The lowest BCUT2D eigenvalue weighted by molar-refractivity contribution is 0.134. The van der Waals surface area contributed by atoms with Gasteiger partial charge in [-0.05, 0) is 30.2 Å². The third kappa shape index (κ3) is 4.05. The first-order valence-electron chi connectivity index (χ1n) is 7.72. The van der Waals surface area contributed by atoms with Crippen LogP contribution in [0.25, 0.3) is 0 Å². The van der Waals surface area contributed by atoms with E-state index in [1.165, 1.54) is 55.2 Å². The maximum atomic E-state index is 5.49. The number of hydrogen-bond donors (Lipinski definition) is 1. The lowest BCUT2D eigenvalue weighted by Crippen LogP contribution is -2.16. The quantitative estimate of drug-likeness (QED) is 0.703. The summed E-state index contributed by atoms with van der Waals surface area (Å²) in [6, 6.07) is 7.32. The zero-order chi connectivity index (χ0) is 13.5. The van der Waals surface area contributed by atoms with Crippen molar-refractivity contribution in [2.75, 3.05) is 7.05 Å². The molecule has 1 aliphatic rings. The lowest BCUT2D eigenvalue weighted by atomic mass is 9.97. The van der Waals surface area contributed by atoms with Gasteiger partial charge in [0.05, 0.1) is 13.2 Å². The van der Waals surface area contributed by atoms with Gasteiger partial charge >= 0.3 is 0 Å². The van der Waals surface area contributed by atoms with Crippen LogP contribution in [0.5, 0.6) is 0 Å². The molecule has 0 spiro atoms. The molecule has 0 aliphatic carbocycles. The molecule has 1 heterocycles. The van der Waals surface area contributed by atoms with Crippen molar-refractivity contribution in [2.24, 2.45) is 0 Å². The molecule has 0 saturated carbocycles. The third-order valence-electron chi connectivity index (χ3n) is 4.09. The molecule has 1 aromatic rings. The molecule has 0 bridgehead atoms. The third-order valence-corrected chi connectivity index (χ3v) is 4.09. The standard InChI is InChI=1S/C17H27NO/c1-3-4-5-6-7-8-17(18-2)14-9-10-15-12-19-13-16(15)11-14/h9-11,17-18H,3-8,12-13H2,1-2H3. The van der Waals surface area contributed by atoms with Gasteiger partial charge in [-0.2, -0.15) is 0 Å². The summed E-state index contributed by atoms with van der Waals surface area (Å²) < 4.78 is 5.49. The number of unbranched alkanes of at least 4 members (excludes halogenated alkanes) is 4. The summed E-state index contributed by atoms with van der Waals surface area (Å²) in [5, 5.41) is 3.46. The molecule has 0 aromatic heterocycles. The molecule has 2 nitrogen and oxygen atoms in total. The zero-order valence-electron chi connectivity index (χ0n) is 12.4. The monoisotopic (exact) mass is 261 g/mol. The van der Waals surface area contributed by atoms with Crippen LogP contribution in [0.4, 0.5) is 0 Å². The van der Waals surface area contributed by atoms with E-state index in [1.807, 2.05) is 0 Å². The van der Waals surface area contributed by atoms with Crippen molar-refractivity contribution in [1.29, 1.82) is 0 Å². The van der Waals surface area contributed by atoms with Gasteiger partial charge in [-0.3, -0.25) is 0 Å². The molecule has 19 heavy (non-hydrogen) atoms. The maximum absolute atomic E-state index is 5.49. The minimum atomic E-state index is 0.493. The normalized spacial score (nSPS) is 15.5. The van der Waals surface area contributed by atoms with Gasteiger partial charge in [-0.1, -0.05) is 57.2 Å². The van der Waals surface area contributed by atoms with Crippen LogP contribution >= 0.6 is 0 Å². The van der Waals surface area contributed by atoms with Gasteiger partial charge in [0.25, 0.3) is 0 Å². The highest BCUT2D eigenvalue weighted by molar-refractivity contribution is 5.34. The number of benzene rings is 1. The Kier molecular flexibility index (Phi) is 5.87. The Morgan fingerprint density at radius 2 is 1.89 bits per heavy atom. The van der Waals surface area contributed by atoms with E-state index < -0.39 is 0 Å². The van der Waals surface area contributed by atoms with E-state index in [0.29, 0.717) is 6.04 Å². The summed E-state index contributed by atoms with van der Waals surface area (Å²) in [5.41, 5.74) is 4.16. The van der Waals surface area contributed by atoms with E-state index in [1.54, 1.807) is 0 Å². The van der Waals surface area contributed by atoms with Crippen molar-refractivity contribution >= 4 is 0 Å². The second kappa shape index (κ2) is 7.66. The van der Waals surface area contributed by atoms with E-state index in [2.05, 4.69) is 37.5 Å². The predicted octanol–water partition coefficient (Wildman–Crippen LogP) is 4.34. The molecule has 2 rings (SSSR count). The summed E-state index contributed by atoms with van der Waals surface area (Å²) in [6.07, 6.45) is 7.99. The van der Waals surface area contributed by atoms with Crippen molar-refractivity contribution in [3.63, 3.8) is 0 Å². The first-order valence-corrected chi connectivity index (χ1v) is 7.72. The average Bonchev–Trinajstić information content (AvgIpc) is 2.90. The molecule has 0 radical (unpaired) electrons. The van der Waals surface area contributed by atoms with Gasteiger partial charge < -0.3 is 10.1 Å². The fourth-order valence-electron chi connectivity index (χ4n) is 2.84. The van der Waals surface area contributed by atoms with Gasteiger partial charge in [0.1, 0.15) is 0 Å². The molecule has 1 N–H and O–H groups in total. The molecule has 0 saturated heterocycles. The van der Waals surface area contributed by atoms with E-state index in [0.717, 1.165) is 13.2 Å². The van der Waals surface area contributed by atoms with E-state index >= 15 is 0 Å². The summed E-state index contributed by atoms with van der Waals surface area (Å²) in [4.78, 5) is 0. The Morgan fingerprint density at radius 1 is 1.11 bits per heavy atom. The van der Waals surface area contributed by atoms with E-state index in [9.17, 15) is 0 Å². The summed E-state index contributed by atoms with van der Waals surface area (Å²) in [7, 11) is 2.07. The maximum Gasteiger partial charge on any atom is 0.0725 e. The van der Waals surface area contributed by atoms with Crippen LogP contribution < -0.4 is 5.32 Å². The van der Waals surface area contributed by atoms with Gasteiger partial charge in [0, 0.05) is 6.04 Å². The Morgan fingerprint density at radius 3 is 2.68 bits per heavy atom. The van der Waals surface area contributed by atoms with Crippen molar-refractivity contribution in [3.05, 3.63) is 34.9 Å². The molecule has 106 valence electrons. The highest BCUT2D eigenvalue weighted by Crippen LogP contribution is 2.26. The minimum absolute atomic E-state index is 0.493. The smallest absolute Gasteiger partial charge is 0.0725 e. The molecule has 1 aromatic carbocycles. The highest BCUT2D eigenvalue weighted by atomic mass is 16.5. The number of hydrogen-bond acceptors (Lipinski definition) is 2. The number of rotatable bonds is 8. The molecule has 0 amide bonds. The van der Waals surface area contributed by atoms with Gasteiger partial charge in [-0.15, -0.1) is 0 Å². The summed E-state index contributed by atoms with van der Waals surface area (Å²) >= 11 is 0. The average molecular weight is 261 g/mol. The SMILES string of the molecule is CCCCCCCC(NC)c1ccc2c(c1)COC2. The second-order valence-corrected chi connectivity index (χ2v) is 5.57. The number of fused-ring (bicyclic) bond motifs is 1. The Labute approximate surface area is 117 Å². The largest absolute Gasteiger partial charge is 0.372 e. The second-order valence-electron chi connectivity index (χ2n) is 5.57. The molecule has 1 unspecified atom stereocenters. The minimum Gasteiger partial charge on any atom is -0.372 e. The zero-order valence-corrected chi connectivity index (χ0v) is 12.4. The molecular formula is C17H27NO. The lowest BCUT2D eigenvalue weighted by Gasteiger charge is -2.17. The van der Waals surface area contributed by atoms with Gasteiger partial charge in [0.2, 0.25) is 0 Å². The molecule has 1 atom stereocenters. The molecular weight excluding hydrogens is 234 g/mol. The predicted molar refractivity (Wildman–Crippen MR) is 80.1 cm³/mol. The fraction of sp³-hybridized carbons (Fsp3) is 0.647. The van der Waals surface area contributed by atoms with Gasteiger partial charge in [-0.25, -0.2) is 0 Å². The fourth-order valence-corrected chi connectivity index (χ4v) is 2.84. The van der Waals surface area contributed by atoms with Crippen molar-refractivity contribution in [1.82, 2.24) is 5.32 Å². The van der Waals surface area contributed by atoms with E-state index in [-0.39, 0.29) is 0 Å². The van der Waals surface area contributed by atoms with Crippen LogP contribution in [0.2, 0.25) is 0 Å². The molecule has 0 fully saturated rings. The van der Waals surface area contributed by atoms with E-state index in [4.69, 9.17) is 4.74 Å². The van der Waals surface area contributed by atoms with Crippen molar-refractivity contribution in [2.45, 2.75) is 64.7 Å². The van der Waals surface area contributed by atoms with Crippen LogP contribution in [0, 0.1) is 0 Å². The Balaban J connectivity index is 1.86. The van der Waals surface area contributed by atoms with Crippen molar-refractivity contribution < 1.29 is 4.74 Å². The molecule has 2 heteroatoms. The van der Waals surface area contributed by atoms with Crippen LogP contribution in [0.1, 0.15) is 68.2 Å². The van der Waals surface area contributed by atoms with Crippen LogP contribution in [-0.4, -0.2) is 7.05 Å². The van der Waals surface area contributed by atoms with Crippen LogP contribution in [0.3, 0.4) is 0 Å². The summed E-state index contributed by atoms with van der Waals surface area (Å²) in [5.74, 6) is 0. The molecule has 1 aliphatic heterocycles. The summed E-state index contributed by atoms with van der Waals surface area (Å²) in [6.45, 7) is 3.84. The van der Waals surface area contributed by atoms with Crippen LogP contribution in [0.15, 0.2) is 18.2 Å². The Hall–Kier alpha value is -0.860. The number of nitrogens with one attached hydrogen (secondary N) is 1. The topological polar surface area (TPSA) is 21.3 Å². The van der Waals surface area contributed by atoms with Crippen molar-refractivity contribution in [3.8, 4) is 0 Å². The Bertz CT molecular complexity index is 389.